The average molecular weight is 439 g/mol. The number of rotatable bonds is 11. The number of hydrogen-bond donors (Lipinski definition) is 6. The normalized spacial score (nSPS) is 14.9. The number of nitrogens with one attached hydrogen (secondary N) is 3. The Morgan fingerprint density at radius 1 is 0.933 bits per heavy atom. The molecule has 0 heterocycles. The molecule has 6 N–H and O–H groups in total. The first kappa shape index (κ1) is 25.4. The molecule has 1 aromatic rings. The van der Waals surface area contributed by atoms with Gasteiger partial charge in [-0.3, -0.25) is 14.4 Å². The summed E-state index contributed by atoms with van der Waals surface area (Å²) in [6, 6.07) is 4.96. The van der Waals surface area contributed by atoms with Crippen molar-refractivity contribution < 1.29 is 24.3 Å². The van der Waals surface area contributed by atoms with Gasteiger partial charge < -0.3 is 26.8 Å². The highest BCUT2D eigenvalue weighted by atomic mass is 32.1. The van der Waals surface area contributed by atoms with Crippen molar-refractivity contribution in [1.29, 1.82) is 0 Å². The second kappa shape index (κ2) is 12.2. The fourth-order valence-corrected chi connectivity index (χ4v) is 2.85. The molecule has 0 saturated carbocycles. The molecule has 30 heavy (non-hydrogen) atoms. The molecule has 1 rings (SSSR count). The quantitative estimate of drug-likeness (QED) is 0.261. The summed E-state index contributed by atoms with van der Waals surface area (Å²) in [6.45, 7) is 4.91. The minimum atomic E-state index is -1.18. The molecule has 166 valence electrons. The Morgan fingerprint density at radius 3 is 1.97 bits per heavy atom. The van der Waals surface area contributed by atoms with E-state index in [0.29, 0.717) is 0 Å². The molecule has 0 fully saturated rings. The third kappa shape index (κ3) is 8.03. The molecular formula is C20H30N4O5S. The molecule has 4 unspecified atom stereocenters. The molecule has 0 aliphatic heterocycles. The third-order valence-corrected chi connectivity index (χ3v) is 4.74. The molecule has 0 aromatic heterocycles. The van der Waals surface area contributed by atoms with Gasteiger partial charge in [0, 0.05) is 12.2 Å². The lowest BCUT2D eigenvalue weighted by molar-refractivity contribution is -0.142. The molecule has 0 bridgehead atoms. The van der Waals surface area contributed by atoms with Crippen LogP contribution in [0.1, 0.15) is 26.3 Å². The third-order valence-electron chi connectivity index (χ3n) is 4.37. The van der Waals surface area contributed by atoms with Gasteiger partial charge in [-0.25, -0.2) is 4.79 Å². The highest BCUT2D eigenvalue weighted by Crippen LogP contribution is 2.07. The number of carboxylic acid groups (broad SMARTS) is 1. The van der Waals surface area contributed by atoms with Crippen molar-refractivity contribution in [3.63, 3.8) is 0 Å². The van der Waals surface area contributed by atoms with E-state index < -0.39 is 47.9 Å². The van der Waals surface area contributed by atoms with Crippen LogP contribution in [0, 0.1) is 5.92 Å². The van der Waals surface area contributed by atoms with Gasteiger partial charge in [0.05, 0.1) is 6.04 Å². The smallest absolute Gasteiger partial charge is 0.326 e. The fourth-order valence-electron chi connectivity index (χ4n) is 2.60. The number of hydrogen-bond acceptors (Lipinski definition) is 6. The molecule has 0 radical (unpaired) electrons. The minimum Gasteiger partial charge on any atom is -0.480 e. The van der Waals surface area contributed by atoms with Crippen LogP contribution in [0.15, 0.2) is 30.3 Å². The Balaban J connectivity index is 2.86. The van der Waals surface area contributed by atoms with Gasteiger partial charge in [0.1, 0.15) is 18.1 Å². The van der Waals surface area contributed by atoms with Crippen LogP contribution in [0.5, 0.6) is 0 Å². The lowest BCUT2D eigenvalue weighted by Crippen LogP contribution is -2.58. The molecule has 9 nitrogen and oxygen atoms in total. The van der Waals surface area contributed by atoms with Crippen molar-refractivity contribution >= 4 is 36.3 Å². The molecule has 0 saturated heterocycles. The number of thiol groups is 1. The molecule has 10 heteroatoms. The standard InChI is InChI=1S/C20H30N4O5S/c1-11(2)16(24-18(26)15(10-30)23-17(25)12(3)21)19(27)22-14(20(28)29)9-13-7-5-4-6-8-13/h4-8,11-12,14-16,30H,9-10,21H2,1-3H3,(H,22,27)(H,23,25)(H,24,26)(H,28,29). The summed E-state index contributed by atoms with van der Waals surface area (Å²) >= 11 is 4.07. The van der Waals surface area contributed by atoms with Gasteiger partial charge in [-0.15, -0.1) is 0 Å². The highest BCUT2D eigenvalue weighted by molar-refractivity contribution is 7.80. The highest BCUT2D eigenvalue weighted by Gasteiger charge is 2.31. The second-order valence-electron chi connectivity index (χ2n) is 7.35. The largest absolute Gasteiger partial charge is 0.480 e. The number of nitrogens with two attached hydrogens (primary N) is 1. The Kier molecular flexibility index (Phi) is 10.3. The van der Waals surface area contributed by atoms with Crippen LogP contribution >= 0.6 is 12.6 Å². The summed E-state index contributed by atoms with van der Waals surface area (Å²) in [5.74, 6) is -3.27. The second-order valence-corrected chi connectivity index (χ2v) is 7.72. The summed E-state index contributed by atoms with van der Waals surface area (Å²) in [5, 5.41) is 17.0. The zero-order valence-corrected chi connectivity index (χ0v) is 18.2. The number of carbonyl (C=O) groups is 4. The number of aliphatic carboxylic acids is 1. The van der Waals surface area contributed by atoms with Crippen LogP contribution in [0.3, 0.4) is 0 Å². The predicted molar refractivity (Wildman–Crippen MR) is 116 cm³/mol. The van der Waals surface area contributed by atoms with Crippen molar-refractivity contribution in [3.8, 4) is 0 Å². The lowest BCUT2D eigenvalue weighted by Gasteiger charge is -2.26. The van der Waals surface area contributed by atoms with E-state index in [-0.39, 0.29) is 18.1 Å². The number of amides is 3. The van der Waals surface area contributed by atoms with Crippen molar-refractivity contribution in [2.45, 2.75) is 51.4 Å². The molecule has 0 aliphatic rings. The summed E-state index contributed by atoms with van der Waals surface area (Å²) < 4.78 is 0. The van der Waals surface area contributed by atoms with Crippen LogP contribution in [0.25, 0.3) is 0 Å². The van der Waals surface area contributed by atoms with Crippen LogP contribution in [-0.2, 0) is 25.6 Å². The zero-order valence-electron chi connectivity index (χ0n) is 17.3. The van der Waals surface area contributed by atoms with E-state index in [1.165, 1.54) is 6.92 Å². The van der Waals surface area contributed by atoms with E-state index in [9.17, 15) is 24.3 Å². The van der Waals surface area contributed by atoms with Gasteiger partial charge in [0.2, 0.25) is 17.7 Å². The number of benzene rings is 1. The van der Waals surface area contributed by atoms with Crippen molar-refractivity contribution in [1.82, 2.24) is 16.0 Å². The minimum absolute atomic E-state index is 0.00247. The van der Waals surface area contributed by atoms with E-state index in [0.717, 1.165) is 5.56 Å². The maximum absolute atomic E-state index is 12.8. The van der Waals surface area contributed by atoms with Crippen LogP contribution < -0.4 is 21.7 Å². The summed E-state index contributed by atoms with van der Waals surface area (Å²) in [7, 11) is 0. The first-order valence-corrected chi connectivity index (χ1v) is 10.2. The lowest BCUT2D eigenvalue weighted by atomic mass is 10.0. The van der Waals surface area contributed by atoms with Crippen LogP contribution in [0.4, 0.5) is 0 Å². The van der Waals surface area contributed by atoms with Gasteiger partial charge in [0.15, 0.2) is 0 Å². The Bertz CT molecular complexity index is 742. The monoisotopic (exact) mass is 438 g/mol. The maximum Gasteiger partial charge on any atom is 0.326 e. The average Bonchev–Trinajstić information content (AvgIpc) is 2.69. The number of carboxylic acids is 1. The molecule has 0 aliphatic carbocycles. The van der Waals surface area contributed by atoms with Gasteiger partial charge >= 0.3 is 5.97 Å². The Morgan fingerprint density at radius 2 is 1.50 bits per heavy atom. The van der Waals surface area contributed by atoms with E-state index >= 15 is 0 Å². The van der Waals surface area contributed by atoms with Crippen molar-refractivity contribution in [2.75, 3.05) is 5.75 Å². The van der Waals surface area contributed by atoms with Gasteiger partial charge in [-0.1, -0.05) is 44.2 Å². The van der Waals surface area contributed by atoms with E-state index in [4.69, 9.17) is 5.73 Å². The summed E-state index contributed by atoms with van der Waals surface area (Å²) in [4.78, 5) is 48.7. The van der Waals surface area contributed by atoms with Crippen molar-refractivity contribution in [2.24, 2.45) is 11.7 Å². The van der Waals surface area contributed by atoms with Crippen LogP contribution in [0.2, 0.25) is 0 Å². The topological polar surface area (TPSA) is 151 Å². The first-order valence-electron chi connectivity index (χ1n) is 9.61. The van der Waals surface area contributed by atoms with E-state index in [1.54, 1.807) is 38.1 Å². The maximum atomic E-state index is 12.8. The fraction of sp³-hybridized carbons (Fsp3) is 0.500. The summed E-state index contributed by atoms with van der Waals surface area (Å²) in [6.07, 6.45) is 0.102. The zero-order chi connectivity index (χ0) is 22.8. The SMILES string of the molecule is CC(N)C(=O)NC(CS)C(=O)NC(C(=O)NC(Cc1ccccc1)C(=O)O)C(C)C. The van der Waals surface area contributed by atoms with Gasteiger partial charge in [0.25, 0.3) is 0 Å². The van der Waals surface area contributed by atoms with Gasteiger partial charge in [-0.05, 0) is 18.4 Å². The summed E-state index contributed by atoms with van der Waals surface area (Å²) in [5.41, 5.74) is 6.25. The van der Waals surface area contributed by atoms with E-state index in [2.05, 4.69) is 28.6 Å². The predicted octanol–water partition coefficient (Wildman–Crippen LogP) is -0.299. The Labute approximate surface area is 181 Å². The molecule has 4 atom stereocenters. The molecule has 0 spiro atoms. The molecular weight excluding hydrogens is 408 g/mol. The van der Waals surface area contributed by atoms with E-state index in [1.807, 2.05) is 6.07 Å². The number of carbonyl (C=O) groups excluding carboxylic acids is 3. The molecule has 1 aromatic carbocycles. The first-order chi connectivity index (χ1) is 14.1. The Hall–Kier alpha value is -2.59. The molecule has 3 amide bonds. The van der Waals surface area contributed by atoms with Crippen LogP contribution in [-0.4, -0.2) is 58.7 Å². The van der Waals surface area contributed by atoms with Crippen molar-refractivity contribution in [3.05, 3.63) is 35.9 Å². The van der Waals surface area contributed by atoms with Gasteiger partial charge in [-0.2, -0.15) is 12.6 Å².